The highest BCUT2D eigenvalue weighted by molar-refractivity contribution is 9.11. The molecule has 1 rings (SSSR count). The van der Waals surface area contributed by atoms with Gasteiger partial charge < -0.3 is 5.32 Å². The maximum Gasteiger partial charge on any atom is 0.252 e. The van der Waals surface area contributed by atoms with Crippen LogP contribution in [0.4, 0.5) is 0 Å². The van der Waals surface area contributed by atoms with Gasteiger partial charge in [0.25, 0.3) is 5.91 Å². The van der Waals surface area contributed by atoms with Crippen LogP contribution in [0.15, 0.2) is 15.2 Å². The minimum Gasteiger partial charge on any atom is -0.352 e. The van der Waals surface area contributed by atoms with Gasteiger partial charge in [-0.05, 0) is 42.3 Å². The van der Waals surface area contributed by atoms with Crippen molar-refractivity contribution in [3.63, 3.8) is 0 Å². The highest BCUT2D eigenvalue weighted by atomic mass is 79.9. The molecule has 1 N–H and O–H groups in total. The lowest BCUT2D eigenvalue weighted by molar-refractivity contribution is 0.0953. The van der Waals surface area contributed by atoms with Crippen LogP contribution in [-0.2, 0) is 10.0 Å². The largest absolute Gasteiger partial charge is 0.352 e. The number of hydrogen-bond donors (Lipinski definition) is 1. The van der Waals surface area contributed by atoms with Gasteiger partial charge in [-0.15, -0.1) is 11.3 Å². The SMILES string of the molecule is CC(C)N(CCCNC(=O)c1csc(Br)c1)S(C)(=O)=O. The molecule has 0 spiro atoms. The van der Waals surface area contributed by atoms with Gasteiger partial charge >= 0.3 is 0 Å². The van der Waals surface area contributed by atoms with Crippen molar-refractivity contribution in [3.8, 4) is 0 Å². The summed E-state index contributed by atoms with van der Waals surface area (Å²) in [5.41, 5.74) is 0.616. The predicted molar refractivity (Wildman–Crippen MR) is 85.7 cm³/mol. The summed E-state index contributed by atoms with van der Waals surface area (Å²) in [5, 5.41) is 4.56. The molecule has 5 nitrogen and oxygen atoms in total. The van der Waals surface area contributed by atoms with E-state index < -0.39 is 10.0 Å². The Bertz CT molecular complexity index is 555. The molecule has 0 saturated carbocycles. The molecule has 0 aliphatic carbocycles. The molecule has 0 aliphatic heterocycles. The third-order valence-electron chi connectivity index (χ3n) is 2.67. The van der Waals surface area contributed by atoms with E-state index in [4.69, 9.17) is 0 Å². The molecule has 0 radical (unpaired) electrons. The van der Waals surface area contributed by atoms with Gasteiger partial charge in [0, 0.05) is 24.5 Å². The topological polar surface area (TPSA) is 66.5 Å². The Morgan fingerprint density at radius 2 is 2.15 bits per heavy atom. The van der Waals surface area contributed by atoms with E-state index >= 15 is 0 Å². The fourth-order valence-corrected chi connectivity index (χ4v) is 4.14. The van der Waals surface area contributed by atoms with Crippen molar-refractivity contribution in [2.75, 3.05) is 19.3 Å². The summed E-state index contributed by atoms with van der Waals surface area (Å²) in [6.45, 7) is 4.53. The summed E-state index contributed by atoms with van der Waals surface area (Å²) in [5.74, 6) is -0.137. The van der Waals surface area contributed by atoms with Gasteiger partial charge in [0.1, 0.15) is 0 Å². The van der Waals surface area contributed by atoms with Crippen molar-refractivity contribution in [3.05, 3.63) is 20.8 Å². The molecule has 0 unspecified atom stereocenters. The van der Waals surface area contributed by atoms with E-state index in [2.05, 4.69) is 21.2 Å². The lowest BCUT2D eigenvalue weighted by atomic mass is 10.3. The Balaban J connectivity index is 2.39. The van der Waals surface area contributed by atoms with Crippen LogP contribution in [0.25, 0.3) is 0 Å². The smallest absolute Gasteiger partial charge is 0.252 e. The highest BCUT2D eigenvalue weighted by Gasteiger charge is 2.19. The average molecular weight is 383 g/mol. The van der Waals surface area contributed by atoms with Crippen LogP contribution in [0.3, 0.4) is 0 Å². The number of amides is 1. The molecule has 1 aromatic heterocycles. The first-order valence-corrected chi connectivity index (χ1v) is 9.73. The summed E-state index contributed by atoms with van der Waals surface area (Å²) in [6.07, 6.45) is 1.79. The zero-order valence-electron chi connectivity index (χ0n) is 11.7. The van der Waals surface area contributed by atoms with Crippen molar-refractivity contribution in [2.24, 2.45) is 0 Å². The predicted octanol–water partition coefficient (Wildman–Crippen LogP) is 2.30. The molecule has 114 valence electrons. The maximum atomic E-state index is 11.8. The lowest BCUT2D eigenvalue weighted by Gasteiger charge is -2.23. The first-order chi connectivity index (χ1) is 9.21. The van der Waals surface area contributed by atoms with Crippen LogP contribution >= 0.6 is 27.3 Å². The Kier molecular flexibility index (Phi) is 6.63. The Morgan fingerprint density at radius 3 is 2.60 bits per heavy atom. The van der Waals surface area contributed by atoms with Gasteiger partial charge in [-0.2, -0.15) is 4.31 Å². The van der Waals surface area contributed by atoms with Gasteiger partial charge in [-0.1, -0.05) is 0 Å². The minimum absolute atomic E-state index is 0.0754. The average Bonchev–Trinajstić information content (AvgIpc) is 2.73. The highest BCUT2D eigenvalue weighted by Crippen LogP contribution is 2.20. The molecule has 0 aromatic carbocycles. The molecule has 1 amide bonds. The number of hydrogen-bond acceptors (Lipinski definition) is 4. The number of nitrogens with zero attached hydrogens (tertiary/aromatic N) is 1. The van der Waals surface area contributed by atoms with Crippen LogP contribution in [0, 0.1) is 0 Å². The fourth-order valence-electron chi connectivity index (χ4n) is 1.77. The molecule has 0 saturated heterocycles. The third kappa shape index (κ3) is 5.51. The van der Waals surface area contributed by atoms with E-state index in [1.807, 2.05) is 13.8 Å². The fraction of sp³-hybridized carbons (Fsp3) is 0.583. The van der Waals surface area contributed by atoms with E-state index in [0.29, 0.717) is 25.1 Å². The Morgan fingerprint density at radius 1 is 1.50 bits per heavy atom. The number of nitrogens with one attached hydrogen (secondary N) is 1. The first-order valence-electron chi connectivity index (χ1n) is 6.21. The molecular weight excluding hydrogens is 364 g/mol. The molecule has 0 fully saturated rings. The molecular formula is C12H19BrN2O3S2. The van der Waals surface area contributed by atoms with Crippen LogP contribution in [-0.4, -0.2) is 44.0 Å². The lowest BCUT2D eigenvalue weighted by Crippen LogP contribution is -2.38. The summed E-state index contributed by atoms with van der Waals surface area (Å²) in [4.78, 5) is 11.8. The van der Waals surface area contributed by atoms with Crippen LogP contribution < -0.4 is 5.32 Å². The van der Waals surface area contributed by atoms with Gasteiger partial charge in [-0.3, -0.25) is 4.79 Å². The summed E-state index contributed by atoms with van der Waals surface area (Å²) < 4.78 is 25.5. The molecule has 8 heteroatoms. The van der Waals surface area contributed by atoms with Crippen molar-refractivity contribution in [1.82, 2.24) is 9.62 Å². The number of sulfonamides is 1. The molecule has 1 heterocycles. The monoisotopic (exact) mass is 382 g/mol. The van der Waals surface area contributed by atoms with E-state index in [-0.39, 0.29) is 11.9 Å². The maximum absolute atomic E-state index is 11.8. The summed E-state index contributed by atoms with van der Waals surface area (Å²) >= 11 is 4.76. The Labute approximate surface area is 132 Å². The van der Waals surface area contributed by atoms with E-state index in [9.17, 15) is 13.2 Å². The number of rotatable bonds is 7. The minimum atomic E-state index is -3.20. The zero-order valence-corrected chi connectivity index (χ0v) is 14.9. The summed E-state index contributed by atoms with van der Waals surface area (Å²) in [7, 11) is -3.20. The molecule has 20 heavy (non-hydrogen) atoms. The number of halogens is 1. The quantitative estimate of drug-likeness (QED) is 0.735. The standard InChI is InChI=1S/C12H19BrN2O3S2/c1-9(2)15(20(3,17)18)6-4-5-14-12(16)10-7-11(13)19-8-10/h7-9H,4-6H2,1-3H3,(H,14,16). The van der Waals surface area contributed by atoms with Crippen LogP contribution in [0.2, 0.25) is 0 Å². The van der Waals surface area contributed by atoms with E-state index in [1.54, 1.807) is 11.4 Å². The van der Waals surface area contributed by atoms with Gasteiger partial charge in [0.15, 0.2) is 0 Å². The van der Waals surface area contributed by atoms with Crippen molar-refractivity contribution in [1.29, 1.82) is 0 Å². The third-order valence-corrected chi connectivity index (χ3v) is 5.63. The van der Waals surface area contributed by atoms with E-state index in [1.165, 1.54) is 21.9 Å². The van der Waals surface area contributed by atoms with Crippen molar-refractivity contribution >= 4 is 43.2 Å². The molecule has 0 aliphatic rings. The second-order valence-corrected chi connectivity index (χ2v) is 8.94. The molecule has 1 aromatic rings. The molecule has 0 atom stereocenters. The van der Waals surface area contributed by atoms with Gasteiger partial charge in [-0.25, -0.2) is 8.42 Å². The zero-order chi connectivity index (χ0) is 15.3. The van der Waals surface area contributed by atoms with E-state index in [0.717, 1.165) is 3.79 Å². The molecule has 0 bridgehead atoms. The van der Waals surface area contributed by atoms with Crippen LogP contribution in [0.1, 0.15) is 30.6 Å². The summed E-state index contributed by atoms with van der Waals surface area (Å²) in [6, 6.07) is 1.69. The first kappa shape index (κ1) is 17.6. The van der Waals surface area contributed by atoms with Crippen LogP contribution in [0.5, 0.6) is 0 Å². The number of carbonyl (C=O) groups excluding carboxylic acids is 1. The van der Waals surface area contributed by atoms with Crippen molar-refractivity contribution < 1.29 is 13.2 Å². The van der Waals surface area contributed by atoms with Gasteiger partial charge in [0.05, 0.1) is 15.6 Å². The number of carbonyl (C=O) groups is 1. The normalized spacial score (nSPS) is 12.1. The second-order valence-electron chi connectivity index (χ2n) is 4.72. The van der Waals surface area contributed by atoms with Gasteiger partial charge in [0.2, 0.25) is 10.0 Å². The number of thiophene rings is 1. The Hall–Kier alpha value is -0.440. The van der Waals surface area contributed by atoms with Crippen molar-refractivity contribution in [2.45, 2.75) is 26.3 Å². The second kappa shape index (κ2) is 7.53.